The molecule has 0 saturated heterocycles. The third-order valence-electron chi connectivity index (χ3n) is 2.18. The Morgan fingerprint density at radius 1 is 1.64 bits per heavy atom. The molecule has 3 nitrogen and oxygen atoms in total. The molecule has 2 atom stereocenters. The first-order valence-corrected chi connectivity index (χ1v) is 4.02. The molecule has 0 radical (unpaired) electrons. The van der Waals surface area contributed by atoms with Crippen molar-refractivity contribution in [2.24, 2.45) is 11.8 Å². The van der Waals surface area contributed by atoms with Crippen LogP contribution in [0.3, 0.4) is 0 Å². The molecule has 0 heterocycles. The molecule has 64 valence electrons. The number of aliphatic hydroxyl groups is 1. The zero-order chi connectivity index (χ0) is 8.43. The van der Waals surface area contributed by atoms with Gasteiger partial charge >= 0.3 is 5.97 Å². The third-order valence-corrected chi connectivity index (χ3v) is 2.18. The monoisotopic (exact) mass is 158 g/mol. The van der Waals surface area contributed by atoms with Crippen LogP contribution in [0.25, 0.3) is 0 Å². The van der Waals surface area contributed by atoms with Crippen LogP contribution in [0.2, 0.25) is 0 Å². The highest BCUT2D eigenvalue weighted by Crippen LogP contribution is 2.35. The summed E-state index contributed by atoms with van der Waals surface area (Å²) in [5.41, 5.74) is 0. The Morgan fingerprint density at radius 3 is 2.55 bits per heavy atom. The Hall–Kier alpha value is -0.570. The van der Waals surface area contributed by atoms with E-state index in [-0.39, 0.29) is 6.10 Å². The third kappa shape index (κ3) is 2.50. The molecule has 0 spiro atoms. The van der Waals surface area contributed by atoms with Crippen LogP contribution >= 0.6 is 0 Å². The fourth-order valence-electron chi connectivity index (χ4n) is 1.14. The molecule has 1 aliphatic carbocycles. The molecule has 1 fully saturated rings. The summed E-state index contributed by atoms with van der Waals surface area (Å²) in [6.07, 6.45) is 2.14. The standard InChI is InChI=1S/C8H14O3/c1-5(8(10)11)4-7(9)6-2-3-6/h5-7,9H,2-4H2,1H3,(H,10,11). The minimum atomic E-state index is -0.815. The van der Waals surface area contributed by atoms with Crippen molar-refractivity contribution in [3.8, 4) is 0 Å². The fraction of sp³-hybridized carbons (Fsp3) is 0.875. The summed E-state index contributed by atoms with van der Waals surface area (Å²) in [6, 6.07) is 0. The normalized spacial score (nSPS) is 22.7. The Balaban J connectivity index is 2.22. The Kier molecular flexibility index (Phi) is 2.49. The van der Waals surface area contributed by atoms with E-state index in [0.29, 0.717) is 12.3 Å². The molecule has 0 aromatic carbocycles. The first-order valence-electron chi connectivity index (χ1n) is 4.02. The fourth-order valence-corrected chi connectivity index (χ4v) is 1.14. The second-order valence-electron chi connectivity index (χ2n) is 3.38. The molecule has 0 aromatic rings. The van der Waals surface area contributed by atoms with E-state index in [1.54, 1.807) is 6.92 Å². The highest BCUT2D eigenvalue weighted by molar-refractivity contribution is 5.69. The van der Waals surface area contributed by atoms with Crippen LogP contribution in [0, 0.1) is 11.8 Å². The van der Waals surface area contributed by atoms with Gasteiger partial charge < -0.3 is 10.2 Å². The molecule has 0 bridgehead atoms. The van der Waals surface area contributed by atoms with Crippen molar-refractivity contribution in [2.45, 2.75) is 32.3 Å². The van der Waals surface area contributed by atoms with Crippen molar-refractivity contribution in [3.63, 3.8) is 0 Å². The van der Waals surface area contributed by atoms with Gasteiger partial charge in [0.05, 0.1) is 12.0 Å². The predicted octanol–water partition coefficient (Wildman–Crippen LogP) is 0.868. The van der Waals surface area contributed by atoms with Crippen molar-refractivity contribution in [3.05, 3.63) is 0 Å². The minimum Gasteiger partial charge on any atom is -0.481 e. The molecule has 1 saturated carbocycles. The SMILES string of the molecule is CC(CC(O)C1CC1)C(=O)O. The molecule has 2 unspecified atom stereocenters. The molecule has 0 amide bonds. The molecule has 1 rings (SSSR count). The number of carbonyl (C=O) groups is 1. The largest absolute Gasteiger partial charge is 0.481 e. The molecule has 3 heteroatoms. The van der Waals surface area contributed by atoms with Gasteiger partial charge in [0.1, 0.15) is 0 Å². The van der Waals surface area contributed by atoms with Crippen LogP contribution in [-0.4, -0.2) is 22.3 Å². The number of hydrogen-bond acceptors (Lipinski definition) is 2. The van der Waals surface area contributed by atoms with E-state index in [9.17, 15) is 9.90 Å². The maximum absolute atomic E-state index is 10.4. The second kappa shape index (κ2) is 3.22. The average Bonchev–Trinajstić information content (AvgIpc) is 2.67. The van der Waals surface area contributed by atoms with E-state index >= 15 is 0 Å². The van der Waals surface area contributed by atoms with E-state index in [0.717, 1.165) is 12.8 Å². The van der Waals surface area contributed by atoms with Crippen molar-refractivity contribution in [2.75, 3.05) is 0 Å². The van der Waals surface area contributed by atoms with Crippen LogP contribution in [0.5, 0.6) is 0 Å². The lowest BCUT2D eigenvalue weighted by atomic mass is 10.0. The van der Waals surface area contributed by atoms with Crippen LogP contribution in [0.15, 0.2) is 0 Å². The van der Waals surface area contributed by atoms with Gasteiger partial charge in [0.25, 0.3) is 0 Å². The van der Waals surface area contributed by atoms with Crippen molar-refractivity contribution in [1.29, 1.82) is 0 Å². The van der Waals surface area contributed by atoms with Gasteiger partial charge in [0, 0.05) is 0 Å². The summed E-state index contributed by atoms with van der Waals surface area (Å²) in [5.74, 6) is -0.841. The summed E-state index contributed by atoms with van der Waals surface area (Å²) in [6.45, 7) is 1.63. The minimum absolute atomic E-state index is 0.386. The number of carboxylic acids is 1. The number of rotatable bonds is 4. The lowest BCUT2D eigenvalue weighted by molar-refractivity contribution is -0.142. The summed E-state index contributed by atoms with van der Waals surface area (Å²) in [4.78, 5) is 10.4. The zero-order valence-corrected chi connectivity index (χ0v) is 6.66. The van der Waals surface area contributed by atoms with E-state index in [2.05, 4.69) is 0 Å². The van der Waals surface area contributed by atoms with Gasteiger partial charge in [-0.1, -0.05) is 6.92 Å². The highest BCUT2D eigenvalue weighted by atomic mass is 16.4. The quantitative estimate of drug-likeness (QED) is 0.638. The second-order valence-corrected chi connectivity index (χ2v) is 3.38. The van der Waals surface area contributed by atoms with E-state index in [1.807, 2.05) is 0 Å². The average molecular weight is 158 g/mol. The van der Waals surface area contributed by atoms with Crippen molar-refractivity contribution < 1.29 is 15.0 Å². The van der Waals surface area contributed by atoms with Gasteiger partial charge in [0.15, 0.2) is 0 Å². The maximum Gasteiger partial charge on any atom is 0.306 e. The van der Waals surface area contributed by atoms with Gasteiger partial charge in [-0.05, 0) is 25.2 Å². The Morgan fingerprint density at radius 2 is 2.18 bits per heavy atom. The first kappa shape index (κ1) is 8.53. The molecule has 11 heavy (non-hydrogen) atoms. The van der Waals surface area contributed by atoms with Crippen molar-refractivity contribution in [1.82, 2.24) is 0 Å². The molecule has 0 aliphatic heterocycles. The van der Waals surface area contributed by atoms with Gasteiger partial charge in [-0.25, -0.2) is 0 Å². The van der Waals surface area contributed by atoms with Gasteiger partial charge in [-0.15, -0.1) is 0 Å². The van der Waals surface area contributed by atoms with E-state index in [1.165, 1.54) is 0 Å². The summed E-state index contributed by atoms with van der Waals surface area (Å²) < 4.78 is 0. The zero-order valence-electron chi connectivity index (χ0n) is 6.66. The van der Waals surface area contributed by atoms with Gasteiger partial charge in [0.2, 0.25) is 0 Å². The van der Waals surface area contributed by atoms with E-state index in [4.69, 9.17) is 5.11 Å². The number of hydrogen-bond donors (Lipinski definition) is 2. The summed E-state index contributed by atoms with van der Waals surface area (Å²) >= 11 is 0. The highest BCUT2D eigenvalue weighted by Gasteiger charge is 2.31. The molecule has 0 aromatic heterocycles. The summed E-state index contributed by atoms with van der Waals surface area (Å²) in [7, 11) is 0. The number of aliphatic hydroxyl groups excluding tert-OH is 1. The smallest absolute Gasteiger partial charge is 0.306 e. The molecule has 1 aliphatic rings. The Labute approximate surface area is 66.0 Å². The van der Waals surface area contributed by atoms with Gasteiger partial charge in [-0.3, -0.25) is 4.79 Å². The number of carboxylic acid groups (broad SMARTS) is 1. The van der Waals surface area contributed by atoms with Gasteiger partial charge in [-0.2, -0.15) is 0 Å². The van der Waals surface area contributed by atoms with Crippen molar-refractivity contribution >= 4 is 5.97 Å². The van der Waals surface area contributed by atoms with Crippen LogP contribution in [0.4, 0.5) is 0 Å². The molecular formula is C8H14O3. The predicted molar refractivity (Wildman–Crippen MR) is 40.1 cm³/mol. The summed E-state index contributed by atoms with van der Waals surface area (Å²) in [5, 5.41) is 17.9. The lowest BCUT2D eigenvalue weighted by Crippen LogP contribution is -2.19. The first-order chi connectivity index (χ1) is 5.11. The topological polar surface area (TPSA) is 57.5 Å². The van der Waals surface area contributed by atoms with Crippen LogP contribution in [-0.2, 0) is 4.79 Å². The van der Waals surface area contributed by atoms with E-state index < -0.39 is 11.9 Å². The lowest BCUT2D eigenvalue weighted by Gasteiger charge is -2.11. The molecule has 2 N–H and O–H groups in total. The van der Waals surface area contributed by atoms with Crippen LogP contribution < -0.4 is 0 Å². The number of aliphatic carboxylic acids is 1. The Bertz CT molecular complexity index is 151. The maximum atomic E-state index is 10.4. The van der Waals surface area contributed by atoms with Crippen LogP contribution in [0.1, 0.15) is 26.2 Å². The molecular weight excluding hydrogens is 144 g/mol.